The van der Waals surface area contributed by atoms with E-state index in [9.17, 15) is 14.4 Å². The Morgan fingerprint density at radius 1 is 1.05 bits per heavy atom. The van der Waals surface area contributed by atoms with Gasteiger partial charge in [0.15, 0.2) is 0 Å². The Bertz CT molecular complexity index is 1530. The molecule has 0 N–H and O–H groups in total. The molecule has 2 aliphatic heterocycles. The monoisotopic (exact) mass is 609 g/mol. The van der Waals surface area contributed by atoms with Crippen molar-refractivity contribution in [3.63, 3.8) is 0 Å². The largest absolute Gasteiger partial charge is 0.489 e. The van der Waals surface area contributed by atoms with Crippen molar-refractivity contribution >= 4 is 51.1 Å². The van der Waals surface area contributed by atoms with Gasteiger partial charge in [0, 0.05) is 53.2 Å². The second-order valence-corrected chi connectivity index (χ2v) is 14.1. The molecule has 8 nitrogen and oxygen atoms in total. The zero-order chi connectivity index (χ0) is 29.8. The molecule has 2 aromatic heterocycles. The topological polar surface area (TPSA) is 89.0 Å². The first-order valence-electron chi connectivity index (χ1n) is 14.7. The molecule has 42 heavy (non-hydrogen) atoms. The summed E-state index contributed by atoms with van der Waals surface area (Å²) in [6.45, 7) is 8.99. The number of imide groups is 1. The van der Waals surface area contributed by atoms with Crippen LogP contribution < -0.4 is 4.74 Å². The van der Waals surface area contributed by atoms with E-state index >= 15 is 0 Å². The average Bonchev–Trinajstić information content (AvgIpc) is 3.63. The van der Waals surface area contributed by atoms with Crippen LogP contribution in [0.1, 0.15) is 63.3 Å². The van der Waals surface area contributed by atoms with Gasteiger partial charge in [0.25, 0.3) is 0 Å². The molecule has 3 aromatic rings. The first-order valence-corrected chi connectivity index (χ1v) is 15.9. The number of fused-ring (bicyclic) bond motifs is 2. The van der Waals surface area contributed by atoms with Crippen molar-refractivity contribution in [2.75, 3.05) is 13.1 Å². The summed E-state index contributed by atoms with van der Waals surface area (Å²) in [5.41, 5.74) is 3.02. The van der Waals surface area contributed by atoms with Gasteiger partial charge in [-0.2, -0.15) is 0 Å². The van der Waals surface area contributed by atoms with Crippen LogP contribution in [0.3, 0.4) is 0 Å². The zero-order valence-electron chi connectivity index (χ0n) is 24.4. The second kappa shape index (κ2) is 11.2. The van der Waals surface area contributed by atoms with Crippen molar-refractivity contribution in [1.82, 2.24) is 14.8 Å². The normalized spacial score (nSPS) is 21.4. The number of benzene rings is 1. The maximum absolute atomic E-state index is 13.0. The quantitative estimate of drug-likeness (QED) is 0.290. The van der Waals surface area contributed by atoms with Gasteiger partial charge in [-0.1, -0.05) is 18.0 Å². The number of carbonyl (C=O) groups is 3. The van der Waals surface area contributed by atoms with E-state index in [1.165, 1.54) is 4.90 Å². The number of thiophene rings is 1. The molecule has 6 rings (SSSR count). The molecular formula is C32H36ClN3O5S. The highest BCUT2D eigenvalue weighted by Crippen LogP contribution is 2.44. The summed E-state index contributed by atoms with van der Waals surface area (Å²) in [6, 6.07) is 7.75. The number of rotatable bonds is 5. The SMILES string of the molecule is Cc1cc(Cl)cc(-c2ccnc3cc(CN4C(=O)C5CCCC5C4=O)sc23)c1OC1CCN(C(=O)OC(C)(C)C)CC1. The third-order valence-electron chi connectivity index (χ3n) is 8.37. The minimum Gasteiger partial charge on any atom is -0.489 e. The maximum atomic E-state index is 13.0. The Hall–Kier alpha value is -3.17. The van der Waals surface area contributed by atoms with Crippen LogP contribution in [-0.2, 0) is 20.9 Å². The molecule has 1 aromatic carbocycles. The van der Waals surface area contributed by atoms with E-state index < -0.39 is 5.60 Å². The minimum absolute atomic E-state index is 0.0352. The van der Waals surface area contributed by atoms with E-state index in [0.717, 1.165) is 56.8 Å². The fourth-order valence-electron chi connectivity index (χ4n) is 6.39. The summed E-state index contributed by atoms with van der Waals surface area (Å²) in [5.74, 6) is 0.394. The van der Waals surface area contributed by atoms with E-state index in [4.69, 9.17) is 21.1 Å². The van der Waals surface area contributed by atoms with Crippen molar-refractivity contribution in [2.45, 2.75) is 78.0 Å². The molecule has 222 valence electrons. The lowest BCUT2D eigenvalue weighted by Gasteiger charge is -2.34. The van der Waals surface area contributed by atoms with Crippen LogP contribution >= 0.6 is 22.9 Å². The third kappa shape index (κ3) is 5.61. The molecule has 1 aliphatic carbocycles. The van der Waals surface area contributed by atoms with Crippen LogP contribution in [-0.4, -0.2) is 57.5 Å². The summed E-state index contributed by atoms with van der Waals surface area (Å²) >= 11 is 8.11. The Morgan fingerprint density at radius 2 is 1.74 bits per heavy atom. The number of pyridine rings is 1. The lowest BCUT2D eigenvalue weighted by molar-refractivity contribution is -0.141. The van der Waals surface area contributed by atoms with E-state index in [1.807, 2.05) is 52.0 Å². The Morgan fingerprint density at radius 3 is 2.40 bits per heavy atom. The molecule has 10 heteroatoms. The number of aryl methyl sites for hydroxylation is 1. The van der Waals surface area contributed by atoms with Crippen LogP contribution in [0.25, 0.3) is 21.3 Å². The Labute approximate surface area is 254 Å². The summed E-state index contributed by atoms with van der Waals surface area (Å²) in [7, 11) is 0. The van der Waals surface area contributed by atoms with E-state index in [0.29, 0.717) is 31.0 Å². The Kier molecular flexibility index (Phi) is 7.68. The molecule has 2 saturated heterocycles. The molecule has 4 heterocycles. The van der Waals surface area contributed by atoms with Gasteiger partial charge in [0.2, 0.25) is 11.8 Å². The van der Waals surface area contributed by atoms with E-state index in [-0.39, 0.29) is 42.4 Å². The number of aromatic nitrogens is 1. The molecule has 2 atom stereocenters. The third-order valence-corrected chi connectivity index (χ3v) is 9.73. The number of ether oxygens (including phenoxy) is 2. The van der Waals surface area contributed by atoms with Crippen molar-refractivity contribution in [3.8, 4) is 16.9 Å². The van der Waals surface area contributed by atoms with Crippen LogP contribution in [0, 0.1) is 18.8 Å². The predicted octanol–water partition coefficient (Wildman–Crippen LogP) is 6.99. The molecule has 3 aliphatic rings. The summed E-state index contributed by atoms with van der Waals surface area (Å²) < 4.78 is 13.1. The first kappa shape index (κ1) is 28.9. The highest BCUT2D eigenvalue weighted by atomic mass is 35.5. The fraction of sp³-hybridized carbons (Fsp3) is 0.500. The number of amides is 3. The second-order valence-electron chi connectivity index (χ2n) is 12.6. The number of halogens is 1. The fourth-order valence-corrected chi connectivity index (χ4v) is 7.79. The zero-order valence-corrected chi connectivity index (χ0v) is 26.0. The van der Waals surface area contributed by atoms with E-state index in [1.54, 1.807) is 22.4 Å². The maximum Gasteiger partial charge on any atom is 0.410 e. The summed E-state index contributed by atoms with van der Waals surface area (Å²) in [6.07, 6.45) is 5.35. The van der Waals surface area contributed by atoms with Gasteiger partial charge in [0.05, 0.1) is 28.6 Å². The smallest absolute Gasteiger partial charge is 0.410 e. The van der Waals surface area contributed by atoms with Gasteiger partial charge in [-0.05, 0) is 70.4 Å². The molecule has 0 radical (unpaired) electrons. The summed E-state index contributed by atoms with van der Waals surface area (Å²) in [5, 5.41) is 0.608. The van der Waals surface area contributed by atoms with Crippen molar-refractivity contribution in [3.05, 3.63) is 45.9 Å². The van der Waals surface area contributed by atoms with Gasteiger partial charge < -0.3 is 14.4 Å². The van der Waals surface area contributed by atoms with Crippen molar-refractivity contribution in [2.24, 2.45) is 11.8 Å². The number of hydrogen-bond donors (Lipinski definition) is 0. The van der Waals surface area contributed by atoms with Gasteiger partial charge in [0.1, 0.15) is 17.5 Å². The van der Waals surface area contributed by atoms with Crippen LogP contribution in [0.2, 0.25) is 5.02 Å². The first-order chi connectivity index (χ1) is 20.0. The molecule has 0 spiro atoms. The van der Waals surface area contributed by atoms with Crippen molar-refractivity contribution < 1.29 is 23.9 Å². The molecule has 1 saturated carbocycles. The highest BCUT2D eigenvalue weighted by Gasteiger charge is 2.49. The standard InChI is InChI=1S/C32H36ClN3O5S/c1-18-14-19(33)15-25(27(18)40-20-9-12-35(13-10-20)31(39)41-32(2,3)4)22-8-11-34-26-16-21(42-28(22)26)17-36-29(37)23-6-5-7-24(23)30(36)38/h8,11,14-16,20,23-24H,5-7,9-10,12-13,17H2,1-4H3. The van der Waals surface area contributed by atoms with Gasteiger partial charge >= 0.3 is 6.09 Å². The van der Waals surface area contributed by atoms with Gasteiger partial charge in [-0.15, -0.1) is 11.3 Å². The molecule has 3 fully saturated rings. The lowest BCUT2D eigenvalue weighted by atomic mass is 10.00. The number of carbonyl (C=O) groups excluding carboxylic acids is 3. The minimum atomic E-state index is -0.532. The number of likely N-dealkylation sites (tertiary alicyclic amines) is 2. The predicted molar refractivity (Wildman–Crippen MR) is 163 cm³/mol. The number of piperidine rings is 1. The van der Waals surface area contributed by atoms with Crippen molar-refractivity contribution in [1.29, 1.82) is 0 Å². The molecule has 2 unspecified atom stereocenters. The molecule has 3 amide bonds. The van der Waals surface area contributed by atoms with Gasteiger partial charge in [-0.25, -0.2) is 4.79 Å². The summed E-state index contributed by atoms with van der Waals surface area (Å²) in [4.78, 5) is 47.2. The van der Waals surface area contributed by atoms with Crippen LogP contribution in [0.15, 0.2) is 30.5 Å². The Balaban J connectivity index is 1.24. The highest BCUT2D eigenvalue weighted by molar-refractivity contribution is 7.19. The molecule has 0 bridgehead atoms. The lowest BCUT2D eigenvalue weighted by Crippen LogP contribution is -2.44. The number of nitrogens with zero attached hydrogens (tertiary/aromatic N) is 3. The van der Waals surface area contributed by atoms with E-state index in [2.05, 4.69) is 4.98 Å². The number of hydrogen-bond acceptors (Lipinski definition) is 7. The average molecular weight is 610 g/mol. The van der Waals surface area contributed by atoms with Gasteiger partial charge in [-0.3, -0.25) is 19.5 Å². The van der Waals surface area contributed by atoms with Crippen LogP contribution in [0.4, 0.5) is 4.79 Å². The molecular weight excluding hydrogens is 574 g/mol. The van der Waals surface area contributed by atoms with Crippen LogP contribution in [0.5, 0.6) is 5.75 Å².